The number of hydrogen-bond acceptors (Lipinski definition) is 8. The van der Waals surface area contributed by atoms with Crippen molar-refractivity contribution in [2.24, 2.45) is 5.92 Å². The number of nitriles is 1. The van der Waals surface area contributed by atoms with E-state index in [0.717, 1.165) is 35.4 Å². The van der Waals surface area contributed by atoms with Gasteiger partial charge in [-0.05, 0) is 61.4 Å². The zero-order valence-corrected chi connectivity index (χ0v) is 21.2. The van der Waals surface area contributed by atoms with Crippen molar-refractivity contribution in [3.8, 4) is 6.07 Å². The van der Waals surface area contributed by atoms with E-state index in [1.807, 2.05) is 37.2 Å². The molecule has 1 unspecified atom stereocenters. The number of esters is 2. The quantitative estimate of drug-likeness (QED) is 0.332. The maximum absolute atomic E-state index is 12.6. The number of carbonyl (C=O) groups excluding carboxylic acids is 3. The highest BCUT2D eigenvalue weighted by Gasteiger charge is 2.29. The largest absolute Gasteiger partial charge is 0.462 e. The number of rotatable bonds is 8. The summed E-state index contributed by atoms with van der Waals surface area (Å²) in [6.45, 7) is 3.53. The van der Waals surface area contributed by atoms with E-state index in [-0.39, 0.29) is 12.2 Å². The number of benzene rings is 1. The molecule has 8 nitrogen and oxygen atoms in total. The average molecular weight is 496 g/mol. The summed E-state index contributed by atoms with van der Waals surface area (Å²) in [7, 11) is 3.82. The minimum atomic E-state index is -0.899. The van der Waals surface area contributed by atoms with Crippen molar-refractivity contribution >= 4 is 45.9 Å². The summed E-state index contributed by atoms with van der Waals surface area (Å²) >= 11 is 1.36. The minimum absolute atomic E-state index is 0.219. The van der Waals surface area contributed by atoms with Gasteiger partial charge in [0, 0.05) is 24.7 Å². The van der Waals surface area contributed by atoms with E-state index in [1.54, 1.807) is 19.1 Å². The molecule has 0 aliphatic heterocycles. The maximum atomic E-state index is 12.6. The highest BCUT2D eigenvalue weighted by molar-refractivity contribution is 7.17. The molecule has 1 N–H and O–H groups in total. The molecule has 0 radical (unpaired) electrons. The SMILES string of the molecule is CCOC(=O)c1c(NC(=O)COC(=O)C(C#N)=Cc2ccc(N(C)C)cc2)sc2c1CCC(C)C2. The van der Waals surface area contributed by atoms with Gasteiger partial charge in [0.15, 0.2) is 6.61 Å². The number of anilines is 2. The van der Waals surface area contributed by atoms with Gasteiger partial charge >= 0.3 is 11.9 Å². The minimum Gasteiger partial charge on any atom is -0.462 e. The van der Waals surface area contributed by atoms with E-state index in [9.17, 15) is 19.6 Å². The van der Waals surface area contributed by atoms with Gasteiger partial charge in [0.1, 0.15) is 16.6 Å². The van der Waals surface area contributed by atoms with Crippen LogP contribution in [-0.4, -0.2) is 45.2 Å². The van der Waals surface area contributed by atoms with Crippen LogP contribution in [0.2, 0.25) is 0 Å². The number of nitrogens with zero attached hydrogens (tertiary/aromatic N) is 2. The molecule has 0 spiro atoms. The molecule has 0 bridgehead atoms. The topological polar surface area (TPSA) is 109 Å². The van der Waals surface area contributed by atoms with Crippen molar-refractivity contribution in [3.05, 3.63) is 51.4 Å². The van der Waals surface area contributed by atoms with Crippen molar-refractivity contribution in [1.82, 2.24) is 0 Å². The Morgan fingerprint density at radius 1 is 1.23 bits per heavy atom. The van der Waals surface area contributed by atoms with Gasteiger partial charge in [0.05, 0.1) is 12.2 Å². The zero-order valence-electron chi connectivity index (χ0n) is 20.3. The van der Waals surface area contributed by atoms with Crippen LogP contribution in [0.25, 0.3) is 6.08 Å². The molecule has 2 aromatic rings. The van der Waals surface area contributed by atoms with Gasteiger partial charge in [-0.2, -0.15) is 5.26 Å². The van der Waals surface area contributed by atoms with Crippen LogP contribution in [0.5, 0.6) is 0 Å². The number of thiophene rings is 1. The fourth-order valence-corrected chi connectivity index (χ4v) is 5.22. The lowest BCUT2D eigenvalue weighted by Gasteiger charge is -2.18. The first-order valence-electron chi connectivity index (χ1n) is 11.4. The summed E-state index contributed by atoms with van der Waals surface area (Å²) in [6.07, 6.45) is 3.95. The summed E-state index contributed by atoms with van der Waals surface area (Å²) < 4.78 is 10.3. The Labute approximate surface area is 209 Å². The maximum Gasteiger partial charge on any atom is 0.349 e. The standard InChI is InChI=1S/C26H29N3O5S/c1-5-33-26(32)23-20-11-6-16(2)12-21(20)35-24(23)28-22(30)15-34-25(31)18(14-27)13-17-7-9-19(10-8-17)29(3)4/h7-10,13,16H,5-6,11-12,15H2,1-4H3,(H,28,30). The first kappa shape index (κ1) is 26.0. The van der Waals surface area contributed by atoms with E-state index < -0.39 is 24.5 Å². The van der Waals surface area contributed by atoms with E-state index in [2.05, 4.69) is 12.2 Å². The first-order chi connectivity index (χ1) is 16.7. The average Bonchev–Trinajstić information content (AvgIpc) is 3.18. The Balaban J connectivity index is 1.68. The Morgan fingerprint density at radius 2 is 1.94 bits per heavy atom. The molecule has 1 atom stereocenters. The van der Waals surface area contributed by atoms with E-state index in [1.165, 1.54) is 17.4 Å². The monoisotopic (exact) mass is 495 g/mol. The van der Waals surface area contributed by atoms with Crippen LogP contribution in [0.15, 0.2) is 29.8 Å². The van der Waals surface area contributed by atoms with Gasteiger partial charge in [-0.15, -0.1) is 11.3 Å². The van der Waals surface area contributed by atoms with Gasteiger partial charge in [0.25, 0.3) is 5.91 Å². The van der Waals surface area contributed by atoms with Gasteiger partial charge in [-0.3, -0.25) is 4.79 Å². The third-order valence-electron chi connectivity index (χ3n) is 5.64. The van der Waals surface area contributed by atoms with Crippen LogP contribution in [0.3, 0.4) is 0 Å². The van der Waals surface area contributed by atoms with Crippen LogP contribution < -0.4 is 10.2 Å². The lowest BCUT2D eigenvalue weighted by atomic mass is 9.88. The molecule has 1 aliphatic rings. The summed E-state index contributed by atoms with van der Waals surface area (Å²) in [4.78, 5) is 40.5. The molecule has 184 valence electrons. The molecule has 1 aliphatic carbocycles. The molecule has 1 aromatic carbocycles. The van der Waals surface area contributed by atoms with Crippen molar-refractivity contribution in [3.63, 3.8) is 0 Å². The van der Waals surface area contributed by atoms with Gasteiger partial charge in [-0.25, -0.2) is 9.59 Å². The summed E-state index contributed by atoms with van der Waals surface area (Å²) in [6, 6.07) is 9.11. The number of amides is 1. The number of nitrogens with one attached hydrogen (secondary N) is 1. The van der Waals surface area contributed by atoms with Crippen LogP contribution >= 0.6 is 11.3 Å². The van der Waals surface area contributed by atoms with Crippen molar-refractivity contribution in [2.45, 2.75) is 33.1 Å². The second kappa shape index (κ2) is 11.7. The second-order valence-corrected chi connectivity index (χ2v) is 9.66. The van der Waals surface area contributed by atoms with Crippen LogP contribution in [0.4, 0.5) is 10.7 Å². The number of hydrogen-bond donors (Lipinski definition) is 1. The fourth-order valence-electron chi connectivity index (χ4n) is 3.80. The molecule has 35 heavy (non-hydrogen) atoms. The number of fused-ring (bicyclic) bond motifs is 1. The van der Waals surface area contributed by atoms with Crippen molar-refractivity contribution in [2.75, 3.05) is 37.5 Å². The van der Waals surface area contributed by atoms with E-state index >= 15 is 0 Å². The summed E-state index contributed by atoms with van der Waals surface area (Å²) in [5, 5.41) is 12.5. The Morgan fingerprint density at radius 3 is 2.57 bits per heavy atom. The molecule has 0 fully saturated rings. The lowest BCUT2D eigenvalue weighted by molar-refractivity contribution is -0.142. The van der Waals surface area contributed by atoms with Gasteiger partial charge in [0.2, 0.25) is 0 Å². The second-order valence-electron chi connectivity index (χ2n) is 8.56. The third-order valence-corrected chi connectivity index (χ3v) is 6.81. The van der Waals surface area contributed by atoms with E-state index in [0.29, 0.717) is 22.0 Å². The Bertz CT molecular complexity index is 1170. The fraction of sp³-hybridized carbons (Fsp3) is 0.385. The zero-order chi connectivity index (χ0) is 25.5. The lowest BCUT2D eigenvalue weighted by Crippen LogP contribution is -2.22. The predicted molar refractivity (Wildman–Crippen MR) is 135 cm³/mol. The van der Waals surface area contributed by atoms with Crippen LogP contribution in [0.1, 0.15) is 46.6 Å². The molecule has 0 saturated carbocycles. The smallest absolute Gasteiger partial charge is 0.349 e. The first-order valence-corrected chi connectivity index (χ1v) is 12.2. The molecule has 0 saturated heterocycles. The van der Waals surface area contributed by atoms with Crippen molar-refractivity contribution in [1.29, 1.82) is 5.26 Å². The Hall–Kier alpha value is -3.64. The summed E-state index contributed by atoms with van der Waals surface area (Å²) in [5.74, 6) is -1.47. The Kier molecular flexibility index (Phi) is 8.66. The van der Waals surface area contributed by atoms with E-state index in [4.69, 9.17) is 9.47 Å². The highest BCUT2D eigenvalue weighted by Crippen LogP contribution is 2.40. The molecule has 1 aromatic heterocycles. The molecular formula is C26H29N3O5S. The predicted octanol–water partition coefficient (Wildman–Crippen LogP) is 4.20. The van der Waals surface area contributed by atoms with Gasteiger partial charge in [-0.1, -0.05) is 19.1 Å². The number of ether oxygens (including phenoxy) is 2. The molecule has 9 heteroatoms. The number of carbonyl (C=O) groups is 3. The molecule has 1 heterocycles. The summed E-state index contributed by atoms with van der Waals surface area (Å²) in [5.41, 5.74) is 2.73. The molecular weight excluding hydrogens is 466 g/mol. The molecule has 3 rings (SSSR count). The van der Waals surface area contributed by atoms with Crippen LogP contribution in [-0.2, 0) is 31.9 Å². The van der Waals surface area contributed by atoms with Crippen molar-refractivity contribution < 1.29 is 23.9 Å². The van der Waals surface area contributed by atoms with Gasteiger partial charge < -0.3 is 19.7 Å². The highest BCUT2D eigenvalue weighted by atomic mass is 32.1. The molecule has 1 amide bonds. The third kappa shape index (κ3) is 6.49. The van der Waals surface area contributed by atoms with Crippen LogP contribution in [0, 0.1) is 17.2 Å². The normalized spacial score (nSPS) is 14.9.